The van der Waals surface area contributed by atoms with E-state index in [1.54, 1.807) is 24.3 Å². The van der Waals surface area contributed by atoms with Gasteiger partial charge in [-0.1, -0.05) is 12.1 Å². The zero-order chi connectivity index (χ0) is 27.4. The maximum atomic E-state index is 13.6. The van der Waals surface area contributed by atoms with Gasteiger partial charge in [0.25, 0.3) is 11.8 Å². The third kappa shape index (κ3) is 5.92. The molecule has 2 amide bonds. The van der Waals surface area contributed by atoms with Crippen LogP contribution < -0.4 is 10.6 Å². The summed E-state index contributed by atoms with van der Waals surface area (Å²) in [6.07, 6.45) is 1.86. The number of halogens is 1. The number of hydrogen-bond acceptors (Lipinski definition) is 5. The largest absolute Gasteiger partial charge is 0.437 e. The number of benzene rings is 2. The molecule has 0 unspecified atom stereocenters. The molecule has 8 heteroatoms. The number of aromatic nitrogens is 1. The Balaban J connectivity index is 1.91. The number of aliphatic hydroxyl groups excluding tert-OH is 1. The number of hydrogen-bond donors (Lipinski definition) is 3. The minimum Gasteiger partial charge on any atom is -0.437 e. The van der Waals surface area contributed by atoms with Crippen LogP contribution >= 0.6 is 0 Å². The molecule has 0 spiro atoms. The normalized spacial score (nSPS) is 11.5. The van der Waals surface area contributed by atoms with Crippen molar-refractivity contribution in [3.63, 3.8) is 0 Å². The van der Waals surface area contributed by atoms with E-state index in [0.29, 0.717) is 47.1 Å². The lowest BCUT2D eigenvalue weighted by Crippen LogP contribution is -2.40. The Bertz CT molecular complexity index is 1470. The molecule has 2 aromatic heterocycles. The van der Waals surface area contributed by atoms with Gasteiger partial charge in [-0.25, -0.2) is 9.37 Å². The fourth-order valence-corrected chi connectivity index (χ4v) is 4.30. The van der Waals surface area contributed by atoms with E-state index >= 15 is 0 Å². The van der Waals surface area contributed by atoms with Crippen LogP contribution in [-0.4, -0.2) is 41.1 Å². The van der Waals surface area contributed by atoms with Crippen molar-refractivity contribution in [2.75, 3.05) is 13.7 Å². The Morgan fingerprint density at radius 2 is 1.74 bits per heavy atom. The highest BCUT2D eigenvalue weighted by Crippen LogP contribution is 2.37. The molecule has 0 radical (unpaired) electrons. The fourth-order valence-electron chi connectivity index (χ4n) is 4.30. The molecule has 38 heavy (non-hydrogen) atoms. The van der Waals surface area contributed by atoms with Gasteiger partial charge in [0, 0.05) is 35.9 Å². The highest BCUT2D eigenvalue weighted by molar-refractivity contribution is 6.11. The average molecular weight is 518 g/mol. The number of carbonyl (C=O) groups is 2. The number of amides is 2. The Morgan fingerprint density at radius 3 is 2.39 bits per heavy atom. The van der Waals surface area contributed by atoms with Gasteiger partial charge in [0.2, 0.25) is 5.71 Å². The zero-order valence-corrected chi connectivity index (χ0v) is 22.0. The summed E-state index contributed by atoms with van der Waals surface area (Å²) in [5.74, 6) is -0.651. The first-order valence-electron chi connectivity index (χ1n) is 12.6. The van der Waals surface area contributed by atoms with Crippen molar-refractivity contribution >= 4 is 22.9 Å². The number of rotatable bonds is 8. The van der Waals surface area contributed by atoms with E-state index in [2.05, 4.69) is 10.6 Å². The van der Waals surface area contributed by atoms with E-state index in [1.165, 1.54) is 19.2 Å². The van der Waals surface area contributed by atoms with Crippen molar-refractivity contribution in [2.45, 2.75) is 45.6 Å². The Morgan fingerprint density at radius 1 is 1.00 bits per heavy atom. The molecule has 7 nitrogen and oxygen atoms in total. The van der Waals surface area contributed by atoms with E-state index < -0.39 is 5.82 Å². The highest BCUT2D eigenvalue weighted by atomic mass is 19.1. The number of carbonyl (C=O) groups excluding carboxylic acids is 2. The SMILES string of the molecule is CNC(=O)c1c(-c2ccc(F)cc2)oc2nc(CCCCO)c(-c3cccc(C(=O)NC(C)(C)C)c3)cc12. The van der Waals surface area contributed by atoms with E-state index in [1.807, 2.05) is 39.0 Å². The Kier molecular flexibility index (Phi) is 7.92. The van der Waals surface area contributed by atoms with Crippen LogP contribution in [0.5, 0.6) is 0 Å². The minimum absolute atomic E-state index is 0.0658. The summed E-state index contributed by atoms with van der Waals surface area (Å²) in [6, 6.07) is 14.9. The van der Waals surface area contributed by atoms with Crippen molar-refractivity contribution in [3.8, 4) is 22.5 Å². The van der Waals surface area contributed by atoms with Gasteiger partial charge in [-0.3, -0.25) is 9.59 Å². The third-order valence-corrected chi connectivity index (χ3v) is 6.07. The molecule has 2 heterocycles. The summed E-state index contributed by atoms with van der Waals surface area (Å²) in [6.45, 7) is 5.83. The molecular formula is C30H32FN3O4. The van der Waals surface area contributed by atoms with E-state index in [0.717, 1.165) is 16.8 Å². The predicted molar refractivity (Wildman–Crippen MR) is 145 cm³/mol. The summed E-state index contributed by atoms with van der Waals surface area (Å²) in [7, 11) is 1.53. The quantitative estimate of drug-likeness (QED) is 0.268. The second kappa shape index (κ2) is 11.1. The van der Waals surface area contributed by atoms with Crippen LogP contribution in [-0.2, 0) is 6.42 Å². The maximum absolute atomic E-state index is 13.6. The number of unbranched alkanes of at least 4 members (excludes halogenated alkanes) is 1. The summed E-state index contributed by atoms with van der Waals surface area (Å²) in [4.78, 5) is 30.7. The summed E-state index contributed by atoms with van der Waals surface area (Å²) >= 11 is 0. The lowest BCUT2D eigenvalue weighted by atomic mass is 9.96. The molecule has 4 rings (SSSR count). The molecule has 4 aromatic rings. The predicted octanol–water partition coefficient (Wildman–Crippen LogP) is 5.50. The number of aliphatic hydroxyl groups is 1. The molecule has 0 aliphatic carbocycles. The van der Waals surface area contributed by atoms with Crippen LogP contribution in [0, 0.1) is 5.82 Å². The molecule has 3 N–H and O–H groups in total. The zero-order valence-electron chi connectivity index (χ0n) is 22.0. The second-order valence-corrected chi connectivity index (χ2v) is 10.2. The number of pyridine rings is 1. The van der Waals surface area contributed by atoms with Crippen molar-refractivity contribution in [3.05, 3.63) is 77.2 Å². The molecule has 0 saturated heterocycles. The van der Waals surface area contributed by atoms with Crippen LogP contribution in [0.1, 0.15) is 60.0 Å². The number of nitrogens with one attached hydrogen (secondary N) is 2. The number of fused-ring (bicyclic) bond motifs is 1. The average Bonchev–Trinajstić information content (AvgIpc) is 3.25. The van der Waals surface area contributed by atoms with Crippen molar-refractivity contribution in [2.24, 2.45) is 0 Å². The molecule has 2 aromatic carbocycles. The lowest BCUT2D eigenvalue weighted by Gasteiger charge is -2.20. The number of furan rings is 1. The number of nitrogens with zero attached hydrogens (tertiary/aromatic N) is 1. The van der Waals surface area contributed by atoms with Gasteiger partial charge in [-0.2, -0.15) is 0 Å². The molecule has 0 fully saturated rings. The molecule has 0 aliphatic heterocycles. The minimum atomic E-state index is -0.395. The van der Waals surface area contributed by atoms with Crippen LogP contribution in [0.15, 0.2) is 59.0 Å². The van der Waals surface area contributed by atoms with E-state index in [-0.39, 0.29) is 29.7 Å². The Hall–Kier alpha value is -4.04. The van der Waals surface area contributed by atoms with Crippen molar-refractivity contribution in [1.82, 2.24) is 15.6 Å². The first-order valence-corrected chi connectivity index (χ1v) is 12.6. The monoisotopic (exact) mass is 517 g/mol. The molecular weight excluding hydrogens is 485 g/mol. The summed E-state index contributed by atoms with van der Waals surface area (Å²) in [5.41, 5.74) is 3.50. The smallest absolute Gasteiger partial charge is 0.255 e. The highest BCUT2D eigenvalue weighted by Gasteiger charge is 2.25. The first kappa shape index (κ1) is 27.0. The third-order valence-electron chi connectivity index (χ3n) is 6.07. The standard InChI is InChI=1S/C30H32FN3O4/c1-30(2,3)34-27(36)20-9-7-8-19(16-20)22-17-23-25(28(37)32-4)26(18-11-13-21(31)14-12-18)38-29(23)33-24(22)10-5-6-15-35/h7-9,11-14,16-17,35H,5-6,10,15H2,1-4H3,(H,32,37)(H,34,36). The van der Waals surface area contributed by atoms with Gasteiger partial charge in [-0.15, -0.1) is 0 Å². The Labute approximate surface area is 221 Å². The van der Waals surface area contributed by atoms with Crippen LogP contribution in [0.4, 0.5) is 4.39 Å². The molecule has 0 aliphatic rings. The van der Waals surface area contributed by atoms with Gasteiger partial charge in [0.05, 0.1) is 16.6 Å². The van der Waals surface area contributed by atoms with Gasteiger partial charge >= 0.3 is 0 Å². The topological polar surface area (TPSA) is 104 Å². The maximum Gasteiger partial charge on any atom is 0.255 e. The molecule has 0 atom stereocenters. The molecule has 0 bridgehead atoms. The van der Waals surface area contributed by atoms with Gasteiger partial charge in [0.1, 0.15) is 11.6 Å². The van der Waals surface area contributed by atoms with Gasteiger partial charge < -0.3 is 20.2 Å². The summed E-state index contributed by atoms with van der Waals surface area (Å²) in [5, 5.41) is 15.5. The van der Waals surface area contributed by atoms with Crippen LogP contribution in [0.3, 0.4) is 0 Å². The second-order valence-electron chi connectivity index (χ2n) is 10.2. The van der Waals surface area contributed by atoms with Gasteiger partial charge in [0.15, 0.2) is 0 Å². The first-order chi connectivity index (χ1) is 18.1. The van der Waals surface area contributed by atoms with Crippen LogP contribution in [0.2, 0.25) is 0 Å². The summed E-state index contributed by atoms with van der Waals surface area (Å²) < 4.78 is 19.7. The van der Waals surface area contributed by atoms with Gasteiger partial charge in [-0.05, 0) is 88.1 Å². The molecule has 198 valence electrons. The van der Waals surface area contributed by atoms with Crippen molar-refractivity contribution in [1.29, 1.82) is 0 Å². The van der Waals surface area contributed by atoms with E-state index in [4.69, 9.17) is 9.40 Å². The lowest BCUT2D eigenvalue weighted by molar-refractivity contribution is 0.0918. The molecule has 0 saturated carbocycles. The number of aryl methyl sites for hydroxylation is 1. The van der Waals surface area contributed by atoms with Crippen LogP contribution in [0.25, 0.3) is 33.6 Å². The van der Waals surface area contributed by atoms with E-state index in [9.17, 15) is 19.1 Å². The van der Waals surface area contributed by atoms with Crippen molar-refractivity contribution < 1.29 is 23.5 Å². The fraction of sp³-hybridized carbons (Fsp3) is 0.300.